The van der Waals surface area contributed by atoms with Crippen LogP contribution in [0.1, 0.15) is 17.5 Å². The van der Waals surface area contributed by atoms with Gasteiger partial charge in [0.1, 0.15) is 10.4 Å². The Morgan fingerprint density at radius 2 is 2.12 bits per heavy atom. The highest BCUT2D eigenvalue weighted by atomic mass is 32.2. The van der Waals surface area contributed by atoms with E-state index < -0.39 is 0 Å². The second-order valence-corrected chi connectivity index (χ2v) is 7.69. The van der Waals surface area contributed by atoms with Gasteiger partial charge in [-0.2, -0.15) is 0 Å². The molecular weight excluding hydrogens is 340 g/mol. The van der Waals surface area contributed by atoms with Gasteiger partial charge in [-0.05, 0) is 48.9 Å². The maximum atomic E-state index is 12.2. The van der Waals surface area contributed by atoms with Crippen molar-refractivity contribution in [3.63, 3.8) is 0 Å². The van der Waals surface area contributed by atoms with Crippen LogP contribution in [0.15, 0.2) is 39.6 Å². The van der Waals surface area contributed by atoms with Crippen LogP contribution in [-0.4, -0.2) is 21.9 Å². The van der Waals surface area contributed by atoms with Crippen LogP contribution in [0, 0.1) is 13.8 Å². The van der Waals surface area contributed by atoms with E-state index in [0.29, 0.717) is 6.61 Å². The SMILES string of the molecule is Cc1ccc(C)c(OCCCSc2nc3ccsc3c(=O)n2C)c1. The van der Waals surface area contributed by atoms with Crippen LogP contribution in [-0.2, 0) is 7.05 Å². The van der Waals surface area contributed by atoms with E-state index in [2.05, 4.69) is 37.0 Å². The molecule has 0 saturated heterocycles. The summed E-state index contributed by atoms with van der Waals surface area (Å²) in [5.41, 5.74) is 3.18. The third kappa shape index (κ3) is 3.65. The van der Waals surface area contributed by atoms with E-state index in [0.717, 1.165) is 38.9 Å². The van der Waals surface area contributed by atoms with E-state index in [9.17, 15) is 4.79 Å². The number of nitrogens with zero attached hydrogens (tertiary/aromatic N) is 2. The minimum absolute atomic E-state index is 0.0316. The van der Waals surface area contributed by atoms with Crippen molar-refractivity contribution in [2.24, 2.45) is 7.05 Å². The maximum Gasteiger partial charge on any atom is 0.271 e. The quantitative estimate of drug-likeness (QED) is 0.376. The van der Waals surface area contributed by atoms with Gasteiger partial charge in [0.15, 0.2) is 5.16 Å². The van der Waals surface area contributed by atoms with Crippen LogP contribution < -0.4 is 10.3 Å². The highest BCUT2D eigenvalue weighted by molar-refractivity contribution is 7.99. The molecule has 0 atom stereocenters. The van der Waals surface area contributed by atoms with Crippen LogP contribution in [0.2, 0.25) is 0 Å². The van der Waals surface area contributed by atoms with Crippen LogP contribution in [0.3, 0.4) is 0 Å². The summed E-state index contributed by atoms with van der Waals surface area (Å²) in [5.74, 6) is 1.81. The topological polar surface area (TPSA) is 44.1 Å². The molecule has 0 saturated carbocycles. The molecule has 0 bridgehead atoms. The van der Waals surface area contributed by atoms with Gasteiger partial charge < -0.3 is 4.74 Å². The van der Waals surface area contributed by atoms with Crippen molar-refractivity contribution in [2.45, 2.75) is 25.4 Å². The van der Waals surface area contributed by atoms with Crippen molar-refractivity contribution in [3.05, 3.63) is 51.1 Å². The molecule has 0 aliphatic rings. The van der Waals surface area contributed by atoms with Gasteiger partial charge in [0.25, 0.3) is 5.56 Å². The fourth-order valence-electron chi connectivity index (χ4n) is 2.36. The molecular formula is C18H20N2O2S2. The number of benzene rings is 1. The van der Waals surface area contributed by atoms with Gasteiger partial charge in [0.2, 0.25) is 0 Å². The first kappa shape index (κ1) is 17.0. The van der Waals surface area contributed by atoms with Gasteiger partial charge in [-0.1, -0.05) is 23.9 Å². The Labute approximate surface area is 149 Å². The Hall–Kier alpha value is -1.79. The van der Waals surface area contributed by atoms with Gasteiger partial charge in [-0.3, -0.25) is 9.36 Å². The molecule has 0 N–H and O–H groups in total. The highest BCUT2D eigenvalue weighted by Crippen LogP contribution is 2.22. The highest BCUT2D eigenvalue weighted by Gasteiger charge is 2.09. The lowest BCUT2D eigenvalue weighted by atomic mass is 10.1. The van der Waals surface area contributed by atoms with E-state index in [1.165, 1.54) is 16.9 Å². The first-order chi connectivity index (χ1) is 11.6. The Balaban J connectivity index is 1.56. The minimum Gasteiger partial charge on any atom is -0.493 e. The average molecular weight is 361 g/mol. The zero-order valence-electron chi connectivity index (χ0n) is 14.0. The van der Waals surface area contributed by atoms with Crippen molar-refractivity contribution in [3.8, 4) is 5.75 Å². The maximum absolute atomic E-state index is 12.2. The van der Waals surface area contributed by atoms with E-state index in [1.54, 1.807) is 23.4 Å². The standard InChI is InChI=1S/C18H20N2O2S2/c1-12-5-6-13(2)15(11-12)22-8-4-9-24-18-19-14-7-10-23-16(14)17(21)20(18)3/h5-7,10-11H,4,8-9H2,1-3H3. The van der Waals surface area contributed by atoms with Crippen LogP contribution in [0.5, 0.6) is 5.75 Å². The third-order valence-corrected chi connectivity index (χ3v) is 5.78. The Morgan fingerprint density at radius 1 is 1.29 bits per heavy atom. The van der Waals surface area contributed by atoms with E-state index in [4.69, 9.17) is 4.74 Å². The van der Waals surface area contributed by atoms with Crippen LogP contribution >= 0.6 is 23.1 Å². The molecule has 1 aromatic carbocycles. The normalized spacial score (nSPS) is 11.1. The fraction of sp³-hybridized carbons (Fsp3) is 0.333. The van der Waals surface area contributed by atoms with Crippen molar-refractivity contribution >= 4 is 33.3 Å². The lowest BCUT2D eigenvalue weighted by Gasteiger charge is -2.10. The van der Waals surface area contributed by atoms with Gasteiger partial charge in [0.05, 0.1) is 12.1 Å². The summed E-state index contributed by atoms with van der Waals surface area (Å²) in [5, 5.41) is 2.67. The monoisotopic (exact) mass is 360 g/mol. The van der Waals surface area contributed by atoms with E-state index in [1.807, 2.05) is 11.4 Å². The van der Waals surface area contributed by atoms with Crippen molar-refractivity contribution in [1.29, 1.82) is 0 Å². The predicted molar refractivity (Wildman–Crippen MR) is 102 cm³/mol. The smallest absolute Gasteiger partial charge is 0.271 e. The molecule has 6 heteroatoms. The van der Waals surface area contributed by atoms with Crippen molar-refractivity contribution in [2.75, 3.05) is 12.4 Å². The number of hydrogen-bond acceptors (Lipinski definition) is 5. The molecule has 0 spiro atoms. The molecule has 126 valence electrons. The average Bonchev–Trinajstić information content (AvgIpc) is 3.03. The van der Waals surface area contributed by atoms with Gasteiger partial charge in [-0.25, -0.2) is 4.98 Å². The zero-order chi connectivity index (χ0) is 17.1. The number of aryl methyl sites for hydroxylation is 2. The first-order valence-electron chi connectivity index (χ1n) is 7.83. The number of hydrogen-bond donors (Lipinski definition) is 0. The van der Waals surface area contributed by atoms with E-state index >= 15 is 0 Å². The fourth-order valence-corrected chi connectivity index (χ4v) is 4.05. The molecule has 0 fully saturated rings. The molecule has 0 unspecified atom stereocenters. The van der Waals surface area contributed by atoms with Gasteiger partial charge >= 0.3 is 0 Å². The number of thioether (sulfide) groups is 1. The number of fused-ring (bicyclic) bond motifs is 1. The van der Waals surface area contributed by atoms with Crippen LogP contribution in [0.4, 0.5) is 0 Å². The second-order valence-electron chi connectivity index (χ2n) is 5.71. The van der Waals surface area contributed by atoms with Crippen molar-refractivity contribution in [1.82, 2.24) is 9.55 Å². The predicted octanol–water partition coefficient (Wildman–Crippen LogP) is 4.17. The second kappa shape index (κ2) is 7.40. The summed E-state index contributed by atoms with van der Waals surface area (Å²) in [4.78, 5) is 16.8. The third-order valence-electron chi connectivity index (χ3n) is 3.77. The molecule has 24 heavy (non-hydrogen) atoms. The summed E-state index contributed by atoms with van der Waals surface area (Å²) >= 11 is 3.04. The molecule has 0 amide bonds. The van der Waals surface area contributed by atoms with Crippen LogP contribution in [0.25, 0.3) is 10.2 Å². The molecule has 3 rings (SSSR count). The molecule has 0 aliphatic heterocycles. The molecule has 0 aliphatic carbocycles. The number of rotatable bonds is 6. The molecule has 2 aromatic heterocycles. The van der Waals surface area contributed by atoms with Crippen molar-refractivity contribution < 1.29 is 4.74 Å². The number of ether oxygens (including phenoxy) is 1. The van der Waals surface area contributed by atoms with E-state index in [-0.39, 0.29) is 5.56 Å². The molecule has 4 nitrogen and oxygen atoms in total. The number of aromatic nitrogens is 2. The lowest BCUT2D eigenvalue weighted by molar-refractivity contribution is 0.316. The largest absolute Gasteiger partial charge is 0.493 e. The zero-order valence-corrected chi connectivity index (χ0v) is 15.7. The summed E-state index contributed by atoms with van der Waals surface area (Å²) in [6.07, 6.45) is 0.898. The Morgan fingerprint density at radius 3 is 2.96 bits per heavy atom. The first-order valence-corrected chi connectivity index (χ1v) is 9.70. The summed E-state index contributed by atoms with van der Waals surface area (Å²) < 4.78 is 8.22. The summed E-state index contributed by atoms with van der Waals surface area (Å²) in [7, 11) is 1.78. The molecule has 2 heterocycles. The summed E-state index contributed by atoms with van der Waals surface area (Å²) in [6, 6.07) is 8.13. The number of thiophene rings is 1. The molecule has 0 radical (unpaired) electrons. The molecule has 3 aromatic rings. The lowest BCUT2D eigenvalue weighted by Crippen LogP contribution is -2.19. The Kier molecular flexibility index (Phi) is 5.26. The Bertz CT molecular complexity index is 915. The summed E-state index contributed by atoms with van der Waals surface area (Å²) in [6.45, 7) is 4.78. The van der Waals surface area contributed by atoms with Gasteiger partial charge in [-0.15, -0.1) is 11.3 Å². The van der Waals surface area contributed by atoms with Gasteiger partial charge in [0, 0.05) is 12.8 Å². The minimum atomic E-state index is 0.0316.